The van der Waals surface area contributed by atoms with Crippen LogP contribution in [0.25, 0.3) is 22.2 Å². The van der Waals surface area contributed by atoms with E-state index >= 15 is 0 Å². The lowest BCUT2D eigenvalue weighted by Crippen LogP contribution is -2.43. The van der Waals surface area contributed by atoms with Gasteiger partial charge in [-0.1, -0.05) is 72.8 Å². The predicted molar refractivity (Wildman–Crippen MR) is 134 cm³/mol. The summed E-state index contributed by atoms with van der Waals surface area (Å²) in [6, 6.07) is 30.0. The summed E-state index contributed by atoms with van der Waals surface area (Å²) in [5, 5.41) is 14.7. The van der Waals surface area contributed by atoms with Gasteiger partial charge in [-0.05, 0) is 45.8 Å². The highest BCUT2D eigenvalue weighted by atomic mass is 16.5. The Hall–Kier alpha value is -5.05. The Labute approximate surface area is 206 Å². The molecule has 2 amide bonds. The van der Waals surface area contributed by atoms with E-state index in [9.17, 15) is 9.59 Å². The van der Waals surface area contributed by atoms with E-state index < -0.39 is 11.8 Å². The van der Waals surface area contributed by atoms with Gasteiger partial charge in [-0.3, -0.25) is 20.4 Å². The number of amides is 2. The van der Waals surface area contributed by atoms with Crippen LogP contribution in [0.1, 0.15) is 15.9 Å². The van der Waals surface area contributed by atoms with Gasteiger partial charge in [0.15, 0.2) is 6.61 Å². The predicted octanol–water partition coefficient (Wildman–Crippen LogP) is 3.38. The number of carbonyl (C=O) groups excluding carboxylic acids is 2. The molecule has 0 fully saturated rings. The van der Waals surface area contributed by atoms with Crippen molar-refractivity contribution in [3.63, 3.8) is 0 Å². The average molecular weight is 479 g/mol. The van der Waals surface area contributed by atoms with Gasteiger partial charge in [0.05, 0.1) is 6.54 Å². The molecule has 2 N–H and O–H groups in total. The normalized spacial score (nSPS) is 10.7. The van der Waals surface area contributed by atoms with Crippen molar-refractivity contribution in [1.82, 2.24) is 31.1 Å². The lowest BCUT2D eigenvalue weighted by Gasteiger charge is -2.10. The third-order valence-corrected chi connectivity index (χ3v) is 5.43. The van der Waals surface area contributed by atoms with Crippen LogP contribution in [-0.4, -0.2) is 38.6 Å². The van der Waals surface area contributed by atoms with Gasteiger partial charge in [-0.25, -0.2) is 0 Å². The summed E-state index contributed by atoms with van der Waals surface area (Å²) >= 11 is 0. The van der Waals surface area contributed by atoms with Crippen molar-refractivity contribution in [3.8, 4) is 17.1 Å². The van der Waals surface area contributed by atoms with Crippen LogP contribution in [-0.2, 0) is 11.3 Å². The largest absolute Gasteiger partial charge is 0.484 e. The van der Waals surface area contributed by atoms with E-state index in [1.54, 1.807) is 30.3 Å². The lowest BCUT2D eigenvalue weighted by atomic mass is 10.1. The first-order chi connectivity index (χ1) is 17.6. The van der Waals surface area contributed by atoms with Crippen LogP contribution in [0.2, 0.25) is 0 Å². The molecule has 0 bridgehead atoms. The summed E-state index contributed by atoms with van der Waals surface area (Å²) in [7, 11) is 0. The second kappa shape index (κ2) is 10.5. The molecule has 5 rings (SSSR count). The number of ether oxygens (including phenoxy) is 1. The second-order valence-electron chi connectivity index (χ2n) is 8.01. The first-order valence-corrected chi connectivity index (χ1v) is 11.3. The quantitative estimate of drug-likeness (QED) is 0.347. The Morgan fingerprint density at radius 3 is 2.36 bits per heavy atom. The molecule has 4 aromatic carbocycles. The summed E-state index contributed by atoms with van der Waals surface area (Å²) in [5.74, 6) is 0.209. The van der Waals surface area contributed by atoms with Crippen molar-refractivity contribution in [3.05, 3.63) is 108 Å². The minimum Gasteiger partial charge on any atom is -0.484 e. The molecule has 0 spiro atoms. The molecular weight excluding hydrogens is 456 g/mol. The molecule has 0 saturated carbocycles. The van der Waals surface area contributed by atoms with E-state index in [1.165, 1.54) is 4.80 Å². The third kappa shape index (κ3) is 5.53. The maximum Gasteiger partial charge on any atom is 0.276 e. The molecule has 178 valence electrons. The van der Waals surface area contributed by atoms with Crippen LogP contribution >= 0.6 is 0 Å². The molecule has 0 radical (unpaired) electrons. The number of benzene rings is 4. The number of nitrogens with one attached hydrogen (secondary N) is 2. The third-order valence-electron chi connectivity index (χ3n) is 5.43. The van der Waals surface area contributed by atoms with Gasteiger partial charge in [0.2, 0.25) is 5.82 Å². The van der Waals surface area contributed by atoms with Crippen LogP contribution in [0.15, 0.2) is 97.1 Å². The number of nitrogens with zero attached hydrogens (tertiary/aromatic N) is 4. The molecule has 1 aromatic heterocycles. The second-order valence-corrected chi connectivity index (χ2v) is 8.01. The number of aromatic nitrogens is 4. The van der Waals surface area contributed by atoms with Gasteiger partial charge in [0.1, 0.15) is 5.75 Å². The van der Waals surface area contributed by atoms with E-state index in [1.807, 2.05) is 66.7 Å². The minimum absolute atomic E-state index is 0.229. The van der Waals surface area contributed by atoms with Crippen molar-refractivity contribution in [2.45, 2.75) is 6.54 Å². The Morgan fingerprint density at radius 2 is 1.56 bits per heavy atom. The fourth-order valence-electron chi connectivity index (χ4n) is 3.58. The molecule has 36 heavy (non-hydrogen) atoms. The van der Waals surface area contributed by atoms with E-state index in [2.05, 4.69) is 26.3 Å². The Kier molecular flexibility index (Phi) is 6.61. The van der Waals surface area contributed by atoms with Crippen LogP contribution < -0.4 is 15.6 Å². The number of fused-ring (bicyclic) bond motifs is 1. The molecule has 0 aliphatic rings. The monoisotopic (exact) mass is 478 g/mol. The molecule has 9 heteroatoms. The molecule has 9 nitrogen and oxygen atoms in total. The highest BCUT2D eigenvalue weighted by Crippen LogP contribution is 2.20. The van der Waals surface area contributed by atoms with E-state index in [0.717, 1.165) is 21.9 Å². The van der Waals surface area contributed by atoms with Crippen LogP contribution in [0, 0.1) is 0 Å². The van der Waals surface area contributed by atoms with Crippen LogP contribution in [0.5, 0.6) is 5.75 Å². The van der Waals surface area contributed by atoms with Crippen molar-refractivity contribution in [1.29, 1.82) is 0 Å². The van der Waals surface area contributed by atoms with Gasteiger partial charge < -0.3 is 4.74 Å². The standard InChI is InChI=1S/C27H22N6O3/c34-25(18-36-24-15-14-20-6-4-5-9-23(20)16-24)28-30-27(35)22-12-10-19(11-13-22)17-33-31-26(29-32-33)21-7-2-1-3-8-21/h1-16H,17-18H2,(H,28,34)(H,30,35). The van der Waals surface area contributed by atoms with E-state index in [4.69, 9.17) is 4.74 Å². The van der Waals surface area contributed by atoms with Gasteiger partial charge in [-0.15, -0.1) is 10.2 Å². The summed E-state index contributed by atoms with van der Waals surface area (Å²) < 4.78 is 5.53. The fraction of sp³-hybridized carbons (Fsp3) is 0.0741. The Balaban J connectivity index is 1.10. The van der Waals surface area contributed by atoms with Crippen LogP contribution in [0.4, 0.5) is 0 Å². The Morgan fingerprint density at radius 1 is 0.806 bits per heavy atom. The molecule has 0 aliphatic carbocycles. The molecule has 0 aliphatic heterocycles. The summed E-state index contributed by atoms with van der Waals surface area (Å²) in [6.07, 6.45) is 0. The van der Waals surface area contributed by atoms with Gasteiger partial charge in [0.25, 0.3) is 11.8 Å². The average Bonchev–Trinajstić information content (AvgIpc) is 3.40. The van der Waals surface area contributed by atoms with Crippen molar-refractivity contribution >= 4 is 22.6 Å². The number of hydrogen-bond donors (Lipinski definition) is 2. The molecule has 0 atom stereocenters. The first-order valence-electron chi connectivity index (χ1n) is 11.3. The molecule has 5 aromatic rings. The van der Waals surface area contributed by atoms with Gasteiger partial charge >= 0.3 is 0 Å². The SMILES string of the molecule is O=C(COc1ccc2ccccc2c1)NNC(=O)c1ccc(Cn2nnc(-c3ccccc3)n2)cc1. The molecule has 0 saturated heterocycles. The number of hydrogen-bond acceptors (Lipinski definition) is 6. The fourth-order valence-corrected chi connectivity index (χ4v) is 3.58. The number of rotatable bonds is 7. The van der Waals surface area contributed by atoms with E-state index in [-0.39, 0.29) is 6.61 Å². The zero-order valence-corrected chi connectivity index (χ0v) is 19.2. The maximum atomic E-state index is 12.4. The number of tetrazole rings is 1. The summed E-state index contributed by atoms with van der Waals surface area (Å²) in [4.78, 5) is 26.0. The zero-order chi connectivity index (χ0) is 24.7. The first kappa shape index (κ1) is 22.7. The smallest absolute Gasteiger partial charge is 0.276 e. The number of hydrazine groups is 1. The molecular formula is C27H22N6O3. The van der Waals surface area contributed by atoms with Crippen LogP contribution in [0.3, 0.4) is 0 Å². The minimum atomic E-state index is -0.473. The highest BCUT2D eigenvalue weighted by Gasteiger charge is 2.10. The van der Waals surface area contributed by atoms with Crippen molar-refractivity contribution < 1.29 is 14.3 Å². The van der Waals surface area contributed by atoms with E-state index in [0.29, 0.717) is 23.7 Å². The lowest BCUT2D eigenvalue weighted by molar-refractivity contribution is -0.123. The highest BCUT2D eigenvalue weighted by molar-refractivity contribution is 5.95. The van der Waals surface area contributed by atoms with Gasteiger partial charge in [-0.2, -0.15) is 4.80 Å². The van der Waals surface area contributed by atoms with Gasteiger partial charge in [0, 0.05) is 11.1 Å². The summed E-state index contributed by atoms with van der Waals surface area (Å²) in [5.41, 5.74) is 6.95. The maximum absolute atomic E-state index is 12.4. The van der Waals surface area contributed by atoms with Crippen molar-refractivity contribution in [2.24, 2.45) is 0 Å². The topological polar surface area (TPSA) is 111 Å². The number of carbonyl (C=O) groups is 2. The Bertz CT molecular complexity index is 1500. The van der Waals surface area contributed by atoms with Crippen molar-refractivity contribution in [2.75, 3.05) is 6.61 Å². The zero-order valence-electron chi connectivity index (χ0n) is 19.2. The molecule has 1 heterocycles. The molecule has 0 unspecified atom stereocenters. The summed E-state index contributed by atoms with van der Waals surface area (Å²) in [6.45, 7) is 0.179.